The summed E-state index contributed by atoms with van der Waals surface area (Å²) in [7, 11) is 1.61. The molecule has 0 bridgehead atoms. The van der Waals surface area contributed by atoms with Gasteiger partial charge in [0.2, 0.25) is 0 Å². The first kappa shape index (κ1) is 16.5. The van der Waals surface area contributed by atoms with Gasteiger partial charge in [-0.3, -0.25) is 0 Å². The standard InChI is InChI=1S/C17H20N2O4/c1-12(23-16-9-5-14(20)6-10-16)19-17(21)18-11-13-3-7-15(22-2)8-4-13/h3-10,12,20H,11H2,1-2H3,(H2,18,19,21). The number of benzene rings is 2. The third kappa shape index (κ3) is 5.43. The van der Waals surface area contributed by atoms with Gasteiger partial charge in [0, 0.05) is 6.54 Å². The number of hydrogen-bond acceptors (Lipinski definition) is 4. The van der Waals surface area contributed by atoms with Crippen LogP contribution in [0, 0.1) is 0 Å². The van der Waals surface area contributed by atoms with Crippen LogP contribution in [0.2, 0.25) is 0 Å². The van der Waals surface area contributed by atoms with Crippen LogP contribution in [0.5, 0.6) is 17.2 Å². The van der Waals surface area contributed by atoms with Gasteiger partial charge in [-0.15, -0.1) is 0 Å². The molecule has 1 atom stereocenters. The van der Waals surface area contributed by atoms with Gasteiger partial charge in [0.1, 0.15) is 17.2 Å². The molecule has 0 aromatic heterocycles. The quantitative estimate of drug-likeness (QED) is 0.716. The highest BCUT2D eigenvalue weighted by atomic mass is 16.5. The zero-order chi connectivity index (χ0) is 16.7. The predicted octanol–water partition coefficient (Wildman–Crippen LogP) is 2.63. The highest BCUT2D eigenvalue weighted by molar-refractivity contribution is 5.74. The van der Waals surface area contributed by atoms with Gasteiger partial charge in [-0.1, -0.05) is 12.1 Å². The van der Waals surface area contributed by atoms with E-state index in [-0.39, 0.29) is 11.8 Å². The molecule has 0 aliphatic rings. The van der Waals surface area contributed by atoms with Crippen molar-refractivity contribution in [1.29, 1.82) is 0 Å². The maximum atomic E-state index is 11.8. The minimum Gasteiger partial charge on any atom is -0.508 e. The number of phenolic OH excluding ortho intramolecular Hbond substituents is 1. The number of phenols is 1. The van der Waals surface area contributed by atoms with Crippen molar-refractivity contribution in [3.05, 3.63) is 54.1 Å². The molecule has 0 fully saturated rings. The molecule has 1 unspecified atom stereocenters. The fourth-order valence-electron chi connectivity index (χ4n) is 1.92. The minimum absolute atomic E-state index is 0.162. The van der Waals surface area contributed by atoms with Gasteiger partial charge in [0.05, 0.1) is 7.11 Å². The number of carbonyl (C=O) groups excluding carboxylic acids is 1. The first-order chi connectivity index (χ1) is 11.1. The Morgan fingerprint density at radius 3 is 2.30 bits per heavy atom. The lowest BCUT2D eigenvalue weighted by atomic mass is 10.2. The molecule has 6 heteroatoms. The van der Waals surface area contributed by atoms with Crippen molar-refractivity contribution < 1.29 is 19.4 Å². The van der Waals surface area contributed by atoms with E-state index in [2.05, 4.69) is 10.6 Å². The Bertz CT molecular complexity index is 626. The van der Waals surface area contributed by atoms with Crippen molar-refractivity contribution in [2.45, 2.75) is 19.7 Å². The Kier molecular flexibility index (Phi) is 5.68. The summed E-state index contributed by atoms with van der Waals surface area (Å²) in [6, 6.07) is 13.4. The van der Waals surface area contributed by atoms with Crippen LogP contribution in [-0.4, -0.2) is 24.5 Å². The lowest BCUT2D eigenvalue weighted by Crippen LogP contribution is -2.43. The zero-order valence-electron chi connectivity index (χ0n) is 13.1. The van der Waals surface area contributed by atoms with Crippen molar-refractivity contribution in [2.24, 2.45) is 0 Å². The first-order valence-electron chi connectivity index (χ1n) is 7.20. The summed E-state index contributed by atoms with van der Waals surface area (Å²) < 4.78 is 10.6. The Labute approximate surface area is 135 Å². The third-order valence-corrected chi connectivity index (χ3v) is 3.10. The van der Waals surface area contributed by atoms with Crippen LogP contribution in [0.25, 0.3) is 0 Å². The third-order valence-electron chi connectivity index (χ3n) is 3.10. The molecular formula is C17H20N2O4. The molecule has 0 aliphatic heterocycles. The fraction of sp³-hybridized carbons (Fsp3) is 0.235. The molecule has 2 aromatic carbocycles. The van der Waals surface area contributed by atoms with Gasteiger partial charge >= 0.3 is 6.03 Å². The van der Waals surface area contributed by atoms with Crippen LogP contribution >= 0.6 is 0 Å². The largest absolute Gasteiger partial charge is 0.508 e. The Morgan fingerprint density at radius 2 is 1.70 bits per heavy atom. The van der Waals surface area contributed by atoms with Crippen molar-refractivity contribution in [3.8, 4) is 17.2 Å². The summed E-state index contributed by atoms with van der Waals surface area (Å²) >= 11 is 0. The van der Waals surface area contributed by atoms with E-state index in [0.717, 1.165) is 11.3 Å². The molecule has 0 aliphatic carbocycles. The first-order valence-corrected chi connectivity index (χ1v) is 7.20. The van der Waals surface area contributed by atoms with Crippen molar-refractivity contribution >= 4 is 6.03 Å². The Balaban J connectivity index is 1.75. The highest BCUT2D eigenvalue weighted by Gasteiger charge is 2.08. The second-order valence-electron chi connectivity index (χ2n) is 4.93. The van der Waals surface area contributed by atoms with Gasteiger partial charge < -0.3 is 25.2 Å². The number of amides is 2. The number of carbonyl (C=O) groups is 1. The van der Waals surface area contributed by atoms with E-state index in [4.69, 9.17) is 9.47 Å². The van der Waals surface area contributed by atoms with Gasteiger partial charge in [0.25, 0.3) is 0 Å². The van der Waals surface area contributed by atoms with Crippen LogP contribution < -0.4 is 20.1 Å². The van der Waals surface area contributed by atoms with E-state index in [1.165, 1.54) is 12.1 Å². The topological polar surface area (TPSA) is 79.8 Å². The molecule has 122 valence electrons. The zero-order valence-corrected chi connectivity index (χ0v) is 13.1. The van der Waals surface area contributed by atoms with Crippen LogP contribution in [-0.2, 0) is 6.54 Å². The molecule has 0 saturated heterocycles. The normalized spacial score (nSPS) is 11.4. The summed E-state index contributed by atoms with van der Waals surface area (Å²) in [5.74, 6) is 1.50. The van der Waals surface area contributed by atoms with E-state index >= 15 is 0 Å². The maximum absolute atomic E-state index is 11.8. The average Bonchev–Trinajstić information content (AvgIpc) is 2.55. The molecule has 2 amide bonds. The number of methoxy groups -OCH3 is 1. The molecule has 0 spiro atoms. The van der Waals surface area contributed by atoms with Gasteiger partial charge in [-0.05, 0) is 48.9 Å². The lowest BCUT2D eigenvalue weighted by Gasteiger charge is -2.16. The van der Waals surface area contributed by atoms with Crippen LogP contribution in [0.15, 0.2) is 48.5 Å². The minimum atomic E-state index is -0.504. The number of nitrogens with one attached hydrogen (secondary N) is 2. The van der Waals surface area contributed by atoms with Crippen molar-refractivity contribution in [2.75, 3.05) is 7.11 Å². The van der Waals surface area contributed by atoms with Gasteiger partial charge in [-0.25, -0.2) is 4.79 Å². The fourth-order valence-corrected chi connectivity index (χ4v) is 1.92. The van der Waals surface area contributed by atoms with E-state index < -0.39 is 6.23 Å². The molecule has 6 nitrogen and oxygen atoms in total. The second-order valence-corrected chi connectivity index (χ2v) is 4.93. The summed E-state index contributed by atoms with van der Waals surface area (Å²) in [4.78, 5) is 11.8. The molecule has 2 aromatic rings. The van der Waals surface area contributed by atoms with Gasteiger partial charge in [0.15, 0.2) is 6.23 Å². The molecular weight excluding hydrogens is 296 g/mol. The van der Waals surface area contributed by atoms with Crippen molar-refractivity contribution in [3.63, 3.8) is 0 Å². The molecule has 23 heavy (non-hydrogen) atoms. The Morgan fingerprint density at radius 1 is 1.09 bits per heavy atom. The molecule has 0 saturated carbocycles. The monoisotopic (exact) mass is 316 g/mol. The Hall–Kier alpha value is -2.89. The molecule has 3 N–H and O–H groups in total. The molecule has 0 heterocycles. The highest BCUT2D eigenvalue weighted by Crippen LogP contribution is 2.16. The predicted molar refractivity (Wildman–Crippen MR) is 86.6 cm³/mol. The number of rotatable bonds is 6. The van der Waals surface area contributed by atoms with Gasteiger partial charge in [-0.2, -0.15) is 0 Å². The van der Waals surface area contributed by atoms with E-state index in [9.17, 15) is 9.90 Å². The second kappa shape index (κ2) is 7.93. The summed E-state index contributed by atoms with van der Waals surface area (Å²) in [5, 5.41) is 14.6. The smallest absolute Gasteiger partial charge is 0.317 e. The summed E-state index contributed by atoms with van der Waals surface area (Å²) in [6.07, 6.45) is -0.504. The van der Waals surface area contributed by atoms with E-state index in [1.54, 1.807) is 26.2 Å². The van der Waals surface area contributed by atoms with E-state index in [0.29, 0.717) is 12.3 Å². The summed E-state index contributed by atoms with van der Waals surface area (Å²) in [6.45, 7) is 2.13. The number of urea groups is 1. The average molecular weight is 316 g/mol. The van der Waals surface area contributed by atoms with Crippen molar-refractivity contribution in [1.82, 2.24) is 10.6 Å². The number of aromatic hydroxyl groups is 1. The SMILES string of the molecule is COc1ccc(CNC(=O)NC(C)Oc2ccc(O)cc2)cc1. The van der Waals surface area contributed by atoms with Crippen LogP contribution in [0.1, 0.15) is 12.5 Å². The molecule has 0 radical (unpaired) electrons. The van der Waals surface area contributed by atoms with Crippen LogP contribution in [0.3, 0.4) is 0 Å². The number of hydrogen-bond donors (Lipinski definition) is 3. The summed E-state index contributed by atoms with van der Waals surface area (Å²) in [5.41, 5.74) is 0.966. The lowest BCUT2D eigenvalue weighted by molar-refractivity contribution is 0.177. The molecule has 2 rings (SSSR count). The number of ether oxygens (including phenoxy) is 2. The maximum Gasteiger partial charge on any atom is 0.317 e. The van der Waals surface area contributed by atoms with Crippen LogP contribution in [0.4, 0.5) is 4.79 Å². The van der Waals surface area contributed by atoms with E-state index in [1.807, 2.05) is 24.3 Å².